The molecule has 0 bridgehead atoms. The first-order chi connectivity index (χ1) is 8.01. The number of rotatable bonds is 2. The molecule has 0 spiro atoms. The maximum atomic E-state index is 12.3. The van der Waals surface area contributed by atoms with Crippen LogP contribution < -0.4 is 0 Å². The van der Waals surface area contributed by atoms with Crippen molar-refractivity contribution in [1.82, 2.24) is 4.31 Å². The molecule has 0 aromatic heterocycles. The van der Waals surface area contributed by atoms with E-state index in [1.807, 2.05) is 0 Å². The summed E-state index contributed by atoms with van der Waals surface area (Å²) in [5.41, 5.74) is 0. The van der Waals surface area contributed by atoms with Crippen molar-refractivity contribution in [3.63, 3.8) is 0 Å². The second kappa shape index (κ2) is 6.65. The van der Waals surface area contributed by atoms with Crippen LogP contribution in [0.5, 0.6) is 0 Å². The Labute approximate surface area is 128 Å². The minimum absolute atomic E-state index is 0. The third-order valence-corrected chi connectivity index (χ3v) is 5.39. The van der Waals surface area contributed by atoms with E-state index in [-0.39, 0.29) is 22.0 Å². The zero-order valence-electron chi connectivity index (χ0n) is 9.34. The molecule has 0 N–H and O–H groups in total. The zero-order chi connectivity index (χ0) is 12.5. The van der Waals surface area contributed by atoms with Crippen molar-refractivity contribution >= 4 is 35.3 Å². The molecule has 0 radical (unpaired) electrons. The summed E-state index contributed by atoms with van der Waals surface area (Å²) < 4.78 is 31.1. The fourth-order valence-corrected chi connectivity index (χ4v) is 3.47. The zero-order valence-corrected chi connectivity index (χ0v) is 12.9. The van der Waals surface area contributed by atoms with Gasteiger partial charge in [-0.25, -0.2) is 8.42 Å². The Morgan fingerprint density at radius 1 is 1.11 bits per heavy atom. The Morgan fingerprint density at radius 3 is 2.28 bits per heavy atom. The van der Waals surface area contributed by atoms with Crippen LogP contribution in [0.4, 0.5) is 0 Å². The first-order valence-corrected chi connectivity index (χ1v) is 7.45. The van der Waals surface area contributed by atoms with E-state index in [9.17, 15) is 8.42 Å². The number of hydrogen-bond donors (Lipinski definition) is 2. The largest absolute Gasteiger partial charge is 1.00 e. The van der Waals surface area contributed by atoms with E-state index < -0.39 is 10.0 Å². The molecule has 0 amide bonds. The molecule has 4 nitrogen and oxygen atoms in total. The van der Waals surface area contributed by atoms with Crippen LogP contribution in [0, 0.1) is 0 Å². The molecule has 18 heavy (non-hydrogen) atoms. The molecule has 1 aliphatic heterocycles. The second-order valence-corrected chi connectivity index (χ2v) is 6.57. The summed E-state index contributed by atoms with van der Waals surface area (Å²) in [6.45, 7) is 1.68. The molecule has 2 rings (SSSR count). The summed E-state index contributed by atoms with van der Waals surface area (Å²) in [6.07, 6.45) is 0. The minimum Gasteiger partial charge on any atom is -0.379 e. The van der Waals surface area contributed by atoms with Gasteiger partial charge in [0.05, 0.1) is 18.1 Å². The van der Waals surface area contributed by atoms with Crippen LogP contribution in [0.25, 0.3) is 0 Å². The van der Waals surface area contributed by atoms with Crippen LogP contribution in [0.15, 0.2) is 32.9 Å². The van der Waals surface area contributed by atoms with E-state index >= 15 is 0 Å². The van der Waals surface area contributed by atoms with Gasteiger partial charge in [-0.3, -0.25) is 0 Å². The van der Waals surface area contributed by atoms with E-state index in [0.717, 1.165) is 0 Å². The van der Waals surface area contributed by atoms with Gasteiger partial charge in [-0.1, -0.05) is 0 Å². The molecule has 0 saturated carbocycles. The number of morpholine rings is 1. The Kier molecular flexibility index (Phi) is 6.05. The van der Waals surface area contributed by atoms with Crippen molar-refractivity contribution < 1.29 is 30.2 Å². The van der Waals surface area contributed by atoms with Gasteiger partial charge in [-0.15, -0.1) is 25.3 Å². The van der Waals surface area contributed by atoms with Crippen molar-refractivity contribution in [2.75, 3.05) is 26.3 Å². The monoisotopic (exact) mass is 354 g/mol. The number of nitrogens with zero attached hydrogens (tertiary/aromatic N) is 1. The summed E-state index contributed by atoms with van der Waals surface area (Å²) in [5, 5.41) is 0. The molecule has 8 heteroatoms. The summed E-state index contributed by atoms with van der Waals surface area (Å²) in [4.78, 5) is 1.47. The average molecular weight is 355 g/mol. The van der Waals surface area contributed by atoms with Crippen molar-refractivity contribution in [2.24, 2.45) is 0 Å². The Balaban J connectivity index is 0.00000162. The normalized spacial score (nSPS) is 17.2. The minimum atomic E-state index is -3.43. The Hall–Kier alpha value is 0.309. The van der Waals surface area contributed by atoms with Crippen molar-refractivity contribution in [3.05, 3.63) is 18.2 Å². The molecule has 0 unspecified atom stereocenters. The standard InChI is InChI=1S/C10H13NO3S3.Cu/c12-17(13,11-3-5-14-6-4-11)8-1-2-9(15)10(16)7-8;/h1-2,7,15-16H,3-6H2;/q;+1. The fourth-order valence-electron chi connectivity index (χ4n) is 1.60. The van der Waals surface area contributed by atoms with Crippen molar-refractivity contribution in [3.8, 4) is 0 Å². The van der Waals surface area contributed by atoms with E-state index in [0.29, 0.717) is 36.1 Å². The van der Waals surface area contributed by atoms with Crippen LogP contribution in [0.2, 0.25) is 0 Å². The summed E-state index contributed by atoms with van der Waals surface area (Å²) in [5.74, 6) is 0. The summed E-state index contributed by atoms with van der Waals surface area (Å²) in [7, 11) is -3.43. The molecule has 1 aromatic carbocycles. The van der Waals surface area contributed by atoms with Gasteiger partial charge in [0.1, 0.15) is 0 Å². The summed E-state index contributed by atoms with van der Waals surface area (Å²) in [6, 6.07) is 4.71. The molecule has 104 valence electrons. The van der Waals surface area contributed by atoms with Gasteiger partial charge in [-0.2, -0.15) is 4.31 Å². The van der Waals surface area contributed by atoms with Crippen LogP contribution in [-0.4, -0.2) is 39.0 Å². The van der Waals surface area contributed by atoms with Crippen molar-refractivity contribution in [2.45, 2.75) is 14.7 Å². The van der Waals surface area contributed by atoms with Crippen LogP contribution >= 0.6 is 25.3 Å². The second-order valence-electron chi connectivity index (χ2n) is 3.67. The Morgan fingerprint density at radius 2 is 1.72 bits per heavy atom. The summed E-state index contributed by atoms with van der Waals surface area (Å²) >= 11 is 8.34. The molecule has 0 aliphatic carbocycles. The van der Waals surface area contributed by atoms with Crippen LogP contribution in [0.3, 0.4) is 0 Å². The van der Waals surface area contributed by atoms with Crippen molar-refractivity contribution in [1.29, 1.82) is 0 Å². The van der Waals surface area contributed by atoms with Gasteiger partial charge in [0.15, 0.2) is 0 Å². The molecule has 0 atom stereocenters. The third kappa shape index (κ3) is 3.45. The third-order valence-electron chi connectivity index (χ3n) is 2.55. The maximum absolute atomic E-state index is 12.3. The molecular formula is C10H13CuNO3S3+. The predicted octanol–water partition coefficient (Wildman–Crippen LogP) is 1.28. The van der Waals surface area contributed by atoms with Crippen LogP contribution in [-0.2, 0) is 31.8 Å². The molecule has 1 aromatic rings. The van der Waals surface area contributed by atoms with E-state index in [1.165, 1.54) is 10.4 Å². The topological polar surface area (TPSA) is 46.6 Å². The smallest absolute Gasteiger partial charge is 0.379 e. The number of ether oxygens (including phenoxy) is 1. The Bertz CT molecular complexity index is 515. The molecule has 1 fully saturated rings. The maximum Gasteiger partial charge on any atom is 1.00 e. The molecule has 1 saturated heterocycles. The van der Waals surface area contributed by atoms with Gasteiger partial charge in [-0.05, 0) is 18.2 Å². The fraction of sp³-hybridized carbons (Fsp3) is 0.400. The first-order valence-electron chi connectivity index (χ1n) is 5.12. The number of sulfonamides is 1. The first kappa shape index (κ1) is 16.4. The number of hydrogen-bond acceptors (Lipinski definition) is 5. The predicted molar refractivity (Wildman–Crippen MR) is 70.5 cm³/mol. The average Bonchev–Trinajstić information content (AvgIpc) is 2.33. The molecule has 1 aliphatic rings. The van der Waals surface area contributed by atoms with E-state index in [2.05, 4.69) is 25.3 Å². The molecular weight excluding hydrogens is 342 g/mol. The van der Waals surface area contributed by atoms with Gasteiger partial charge < -0.3 is 4.74 Å². The number of thiol groups is 2. The van der Waals surface area contributed by atoms with Gasteiger partial charge in [0.2, 0.25) is 10.0 Å². The van der Waals surface area contributed by atoms with Gasteiger partial charge >= 0.3 is 17.1 Å². The van der Waals surface area contributed by atoms with Gasteiger partial charge in [0.25, 0.3) is 0 Å². The number of benzene rings is 1. The van der Waals surface area contributed by atoms with E-state index in [1.54, 1.807) is 12.1 Å². The quantitative estimate of drug-likeness (QED) is 0.621. The van der Waals surface area contributed by atoms with E-state index in [4.69, 9.17) is 4.74 Å². The van der Waals surface area contributed by atoms with Gasteiger partial charge in [0, 0.05) is 22.9 Å². The van der Waals surface area contributed by atoms with Crippen LogP contribution in [0.1, 0.15) is 0 Å². The SMILES string of the molecule is O=S(=O)(c1ccc(S)c(S)c1)N1CCOCC1.[Cu+]. The molecule has 1 heterocycles.